The molecule has 0 radical (unpaired) electrons. The van der Waals surface area contributed by atoms with Gasteiger partial charge in [-0.25, -0.2) is 4.99 Å². The van der Waals surface area contributed by atoms with Crippen LogP contribution in [0.2, 0.25) is 0 Å². The Labute approximate surface area is 171 Å². The molecule has 0 fully saturated rings. The fourth-order valence-corrected chi connectivity index (χ4v) is 2.57. The van der Waals surface area contributed by atoms with E-state index in [1.165, 1.54) is 5.56 Å². The third-order valence-electron chi connectivity index (χ3n) is 4.02. The minimum Gasteiger partial charge on any atom is -0.466 e. The van der Waals surface area contributed by atoms with E-state index in [9.17, 15) is 5.11 Å². The van der Waals surface area contributed by atoms with E-state index < -0.39 is 5.60 Å². The van der Waals surface area contributed by atoms with Crippen molar-refractivity contribution in [2.45, 2.75) is 46.1 Å². The number of guanidine groups is 1. The molecule has 146 valence electrons. The molecule has 0 saturated heterocycles. The molecule has 1 unspecified atom stereocenters. The summed E-state index contributed by atoms with van der Waals surface area (Å²) in [6, 6.07) is 3.51. The van der Waals surface area contributed by atoms with Crippen LogP contribution in [0.25, 0.3) is 0 Å². The van der Waals surface area contributed by atoms with Gasteiger partial charge in [0.15, 0.2) is 5.96 Å². The summed E-state index contributed by atoms with van der Waals surface area (Å²) in [4.78, 5) is 4.46. The van der Waals surface area contributed by atoms with Crippen molar-refractivity contribution in [3.05, 3.63) is 41.2 Å². The maximum Gasteiger partial charge on any atom is 0.191 e. The molecule has 0 aliphatic heterocycles. The highest BCUT2D eigenvalue weighted by Crippen LogP contribution is 2.21. The second-order valence-electron chi connectivity index (χ2n) is 6.28. The van der Waals surface area contributed by atoms with E-state index >= 15 is 0 Å². The summed E-state index contributed by atoms with van der Waals surface area (Å²) in [6.07, 6.45) is 3.38. The Balaban J connectivity index is 0.00000338. The molecule has 3 N–H and O–H groups in total. The molecule has 0 saturated carbocycles. The molecule has 2 rings (SSSR count). The molecule has 0 bridgehead atoms. The second-order valence-corrected chi connectivity index (χ2v) is 6.28. The molecule has 1 atom stereocenters. The van der Waals surface area contributed by atoms with E-state index in [0.717, 1.165) is 37.4 Å². The number of hydrogen-bond acceptors (Lipinski definition) is 5. The zero-order valence-electron chi connectivity index (χ0n) is 15.8. The summed E-state index contributed by atoms with van der Waals surface area (Å²) in [7, 11) is 0. The average molecular weight is 476 g/mol. The van der Waals surface area contributed by atoms with Gasteiger partial charge in [-0.15, -0.1) is 24.0 Å². The Morgan fingerprint density at radius 3 is 2.69 bits per heavy atom. The summed E-state index contributed by atoms with van der Waals surface area (Å²) in [6.45, 7) is 9.31. The highest BCUT2D eigenvalue weighted by atomic mass is 127. The summed E-state index contributed by atoms with van der Waals surface area (Å²) in [5.74, 6) is 2.06. The predicted molar refractivity (Wildman–Crippen MR) is 112 cm³/mol. The van der Waals surface area contributed by atoms with Crippen LogP contribution in [0.15, 0.2) is 32.3 Å². The first-order valence-corrected chi connectivity index (χ1v) is 8.64. The minimum atomic E-state index is -1.14. The number of furan rings is 1. The van der Waals surface area contributed by atoms with Crippen LogP contribution in [0.5, 0.6) is 0 Å². The first-order valence-electron chi connectivity index (χ1n) is 8.64. The summed E-state index contributed by atoms with van der Waals surface area (Å²) in [5.41, 5.74) is 0.986. The first kappa shape index (κ1) is 22.5. The lowest BCUT2D eigenvalue weighted by Gasteiger charge is -2.19. The molecule has 0 aromatic carbocycles. The van der Waals surface area contributed by atoms with Gasteiger partial charge in [0.25, 0.3) is 0 Å². The summed E-state index contributed by atoms with van der Waals surface area (Å²) < 4.78 is 10.5. The van der Waals surface area contributed by atoms with Gasteiger partial charge >= 0.3 is 0 Å². The van der Waals surface area contributed by atoms with Gasteiger partial charge in [0.1, 0.15) is 17.1 Å². The lowest BCUT2D eigenvalue weighted by atomic mass is 10.0. The molecule has 0 aliphatic carbocycles. The summed E-state index contributed by atoms with van der Waals surface area (Å²) >= 11 is 0. The van der Waals surface area contributed by atoms with Crippen LogP contribution in [0.4, 0.5) is 0 Å². The van der Waals surface area contributed by atoms with E-state index in [2.05, 4.69) is 20.8 Å². The molecule has 8 heteroatoms. The van der Waals surface area contributed by atoms with Crippen LogP contribution < -0.4 is 10.6 Å². The smallest absolute Gasteiger partial charge is 0.191 e. The number of nitrogens with zero attached hydrogens (tertiary/aromatic N) is 2. The molecule has 2 heterocycles. The molecule has 2 aromatic rings. The van der Waals surface area contributed by atoms with Gasteiger partial charge in [-0.05, 0) is 52.7 Å². The largest absolute Gasteiger partial charge is 0.466 e. The third-order valence-corrected chi connectivity index (χ3v) is 4.02. The molecule has 0 amide bonds. The van der Waals surface area contributed by atoms with Crippen LogP contribution in [-0.4, -0.2) is 35.9 Å². The lowest BCUT2D eigenvalue weighted by Crippen LogP contribution is -2.39. The Morgan fingerprint density at radius 2 is 2.12 bits per heavy atom. The van der Waals surface area contributed by atoms with Gasteiger partial charge in [-0.2, -0.15) is 0 Å². The maximum absolute atomic E-state index is 10.5. The number of halogens is 1. The van der Waals surface area contributed by atoms with Crippen molar-refractivity contribution in [3.8, 4) is 0 Å². The third kappa shape index (κ3) is 6.31. The molecule has 0 spiro atoms. The maximum atomic E-state index is 10.5. The van der Waals surface area contributed by atoms with E-state index in [0.29, 0.717) is 11.7 Å². The van der Waals surface area contributed by atoms with Gasteiger partial charge in [0.05, 0.1) is 18.5 Å². The number of aryl methyl sites for hydroxylation is 2. The normalized spacial score (nSPS) is 13.8. The molecule has 2 aromatic heterocycles. The SMILES string of the molecule is CCNC(=NCC(C)(O)c1ccco1)NCCCc1c(C)noc1C.I. The monoisotopic (exact) mass is 476 g/mol. The van der Waals surface area contributed by atoms with Crippen molar-refractivity contribution in [2.24, 2.45) is 4.99 Å². The van der Waals surface area contributed by atoms with Crippen molar-refractivity contribution in [1.29, 1.82) is 0 Å². The standard InChI is InChI=1S/C18H28N4O3.HI/c1-5-19-17(21-12-18(4,23)16-9-7-11-24-16)20-10-6-8-15-13(2)22-25-14(15)3;/h7,9,11,23H,5-6,8,10,12H2,1-4H3,(H2,19,20,21);1H. The van der Waals surface area contributed by atoms with E-state index in [-0.39, 0.29) is 30.5 Å². The highest BCUT2D eigenvalue weighted by molar-refractivity contribution is 14.0. The molecular weight excluding hydrogens is 447 g/mol. The number of aliphatic imine (C=N–C) groups is 1. The topological polar surface area (TPSA) is 95.8 Å². The van der Waals surface area contributed by atoms with Crippen molar-refractivity contribution < 1.29 is 14.0 Å². The van der Waals surface area contributed by atoms with E-state index in [1.807, 2.05) is 20.8 Å². The van der Waals surface area contributed by atoms with Gasteiger partial charge in [-0.3, -0.25) is 0 Å². The van der Waals surface area contributed by atoms with Crippen LogP contribution >= 0.6 is 24.0 Å². The van der Waals surface area contributed by atoms with Crippen LogP contribution in [0.3, 0.4) is 0 Å². The zero-order chi connectivity index (χ0) is 18.3. The molecule has 26 heavy (non-hydrogen) atoms. The van der Waals surface area contributed by atoms with E-state index in [1.54, 1.807) is 25.3 Å². The Morgan fingerprint density at radius 1 is 1.35 bits per heavy atom. The van der Waals surface area contributed by atoms with Crippen molar-refractivity contribution in [2.75, 3.05) is 19.6 Å². The quantitative estimate of drug-likeness (QED) is 0.235. The molecule has 7 nitrogen and oxygen atoms in total. The van der Waals surface area contributed by atoms with Crippen molar-refractivity contribution in [3.63, 3.8) is 0 Å². The van der Waals surface area contributed by atoms with Gasteiger partial charge in [-0.1, -0.05) is 5.16 Å². The van der Waals surface area contributed by atoms with Crippen LogP contribution in [0.1, 0.15) is 43.0 Å². The predicted octanol–water partition coefficient (Wildman–Crippen LogP) is 2.90. The Hall–Kier alpha value is -1.55. The average Bonchev–Trinajstić information content (AvgIpc) is 3.21. The fourth-order valence-electron chi connectivity index (χ4n) is 2.57. The number of aromatic nitrogens is 1. The Bertz CT molecular complexity index is 661. The van der Waals surface area contributed by atoms with Crippen molar-refractivity contribution >= 4 is 29.9 Å². The van der Waals surface area contributed by atoms with Gasteiger partial charge in [0.2, 0.25) is 0 Å². The number of rotatable bonds is 8. The number of nitrogens with one attached hydrogen (secondary N) is 2. The van der Waals surface area contributed by atoms with Crippen molar-refractivity contribution in [1.82, 2.24) is 15.8 Å². The minimum absolute atomic E-state index is 0. The second kappa shape index (κ2) is 10.6. The summed E-state index contributed by atoms with van der Waals surface area (Å²) in [5, 5.41) is 20.9. The first-order chi connectivity index (χ1) is 11.9. The Kier molecular flexibility index (Phi) is 9.14. The number of aliphatic hydroxyl groups is 1. The lowest BCUT2D eigenvalue weighted by molar-refractivity contribution is 0.0437. The van der Waals surface area contributed by atoms with E-state index in [4.69, 9.17) is 8.94 Å². The highest BCUT2D eigenvalue weighted by Gasteiger charge is 2.26. The van der Waals surface area contributed by atoms with Gasteiger partial charge in [0, 0.05) is 18.7 Å². The number of hydrogen-bond donors (Lipinski definition) is 3. The zero-order valence-corrected chi connectivity index (χ0v) is 18.2. The fraction of sp³-hybridized carbons (Fsp3) is 0.556. The van der Waals surface area contributed by atoms with Gasteiger partial charge < -0.3 is 24.7 Å². The van der Waals surface area contributed by atoms with Crippen LogP contribution in [-0.2, 0) is 12.0 Å². The van der Waals surface area contributed by atoms with Crippen LogP contribution in [0, 0.1) is 13.8 Å². The molecular formula is C18H29IN4O3. The molecule has 0 aliphatic rings.